The van der Waals surface area contributed by atoms with Crippen molar-refractivity contribution in [1.29, 1.82) is 0 Å². The minimum Gasteiger partial charge on any atom is -0.457 e. The molecule has 8 aromatic rings. The van der Waals surface area contributed by atoms with Gasteiger partial charge in [-0.15, -0.1) is 0 Å². The summed E-state index contributed by atoms with van der Waals surface area (Å²) in [5, 5.41) is 0. The highest BCUT2D eigenvalue weighted by molar-refractivity contribution is 5.71. The molecular formula is C52H34O2. The predicted octanol–water partition coefficient (Wildman–Crippen LogP) is 13.1. The van der Waals surface area contributed by atoms with Gasteiger partial charge in [0, 0.05) is 28.3 Å². The third-order valence-electron chi connectivity index (χ3n) is 8.74. The lowest BCUT2D eigenvalue weighted by molar-refractivity contribution is 0.461. The maximum absolute atomic E-state index is 6.71. The van der Waals surface area contributed by atoms with Gasteiger partial charge in [0.25, 0.3) is 0 Å². The van der Waals surface area contributed by atoms with Crippen LogP contribution in [0.15, 0.2) is 206 Å². The van der Waals surface area contributed by atoms with E-state index >= 15 is 0 Å². The molecule has 0 aliphatic carbocycles. The molecular weight excluding hydrogens is 657 g/mol. The van der Waals surface area contributed by atoms with E-state index in [1.165, 1.54) is 0 Å². The number of hydrogen-bond donors (Lipinski definition) is 0. The fraction of sp³-hybridized carbons (Fsp3) is 0. The summed E-state index contributed by atoms with van der Waals surface area (Å²) in [5.41, 5.74) is 9.82. The number of hydrogen-bond acceptors (Lipinski definition) is 2. The van der Waals surface area contributed by atoms with Gasteiger partial charge in [-0.3, -0.25) is 0 Å². The maximum Gasteiger partial charge on any atom is 0.131 e. The Morgan fingerprint density at radius 2 is 0.500 bits per heavy atom. The molecule has 8 rings (SSSR count). The van der Waals surface area contributed by atoms with Crippen LogP contribution in [0.1, 0.15) is 22.3 Å². The summed E-state index contributed by atoms with van der Waals surface area (Å²) in [7, 11) is 0. The quantitative estimate of drug-likeness (QED) is 0.155. The Labute approximate surface area is 317 Å². The van der Waals surface area contributed by atoms with Gasteiger partial charge in [-0.1, -0.05) is 151 Å². The minimum atomic E-state index is 0.641. The summed E-state index contributed by atoms with van der Waals surface area (Å²) >= 11 is 0. The Morgan fingerprint density at radius 3 is 0.852 bits per heavy atom. The summed E-state index contributed by atoms with van der Waals surface area (Å²) in [6.45, 7) is 0. The highest BCUT2D eigenvalue weighted by Gasteiger charge is 2.11. The molecule has 0 amide bonds. The summed E-state index contributed by atoms with van der Waals surface area (Å²) in [6.07, 6.45) is 0. The number of rotatable bonds is 7. The Kier molecular flexibility index (Phi) is 10.1. The second-order valence-corrected chi connectivity index (χ2v) is 12.7. The van der Waals surface area contributed by atoms with Crippen LogP contribution in [-0.2, 0) is 0 Å². The van der Waals surface area contributed by atoms with Crippen LogP contribution in [0.5, 0.6) is 23.0 Å². The van der Waals surface area contributed by atoms with Gasteiger partial charge in [-0.2, -0.15) is 0 Å². The van der Waals surface area contributed by atoms with Crippen LogP contribution in [-0.4, -0.2) is 0 Å². The number of benzene rings is 8. The van der Waals surface area contributed by atoms with E-state index in [1.807, 2.05) is 146 Å². The highest BCUT2D eigenvalue weighted by atomic mass is 16.5. The zero-order valence-corrected chi connectivity index (χ0v) is 29.4. The molecule has 0 spiro atoms. The largest absolute Gasteiger partial charge is 0.457 e. The molecule has 2 heteroatoms. The Bertz CT molecular complexity index is 2460. The zero-order valence-electron chi connectivity index (χ0n) is 29.4. The van der Waals surface area contributed by atoms with Crippen LogP contribution in [0.4, 0.5) is 0 Å². The molecule has 54 heavy (non-hydrogen) atoms. The third kappa shape index (κ3) is 8.67. The van der Waals surface area contributed by atoms with E-state index in [-0.39, 0.29) is 0 Å². The van der Waals surface area contributed by atoms with E-state index < -0.39 is 0 Å². The first-order chi connectivity index (χ1) is 26.7. The van der Waals surface area contributed by atoms with E-state index in [9.17, 15) is 0 Å². The maximum atomic E-state index is 6.71. The van der Waals surface area contributed by atoms with Crippen molar-refractivity contribution < 1.29 is 9.47 Å². The van der Waals surface area contributed by atoms with Crippen LogP contribution < -0.4 is 9.47 Å². The standard InChI is InChI=1S/C52H34O2/c1-6-16-39(17-7-1)26-28-41-30-46(43-20-10-3-11-21-43)34-49(32-41)53-51-36-48(45-24-14-5-15-25-45)37-52(38-51)54-50-33-42(29-27-40-18-8-2-9-19-40)31-47(35-50)44-22-12-4-13-23-44/h1-25,30-38H. The van der Waals surface area contributed by atoms with Gasteiger partial charge in [0.2, 0.25) is 0 Å². The van der Waals surface area contributed by atoms with E-state index in [1.54, 1.807) is 0 Å². The van der Waals surface area contributed by atoms with Crippen molar-refractivity contribution in [1.82, 2.24) is 0 Å². The van der Waals surface area contributed by atoms with Gasteiger partial charge in [0.05, 0.1) is 0 Å². The molecule has 8 aromatic carbocycles. The lowest BCUT2D eigenvalue weighted by Crippen LogP contribution is -1.92. The first kappa shape index (κ1) is 33.6. The Balaban J connectivity index is 1.19. The normalized spacial score (nSPS) is 10.3. The van der Waals surface area contributed by atoms with Crippen molar-refractivity contribution in [3.63, 3.8) is 0 Å². The summed E-state index contributed by atoms with van der Waals surface area (Å²) in [4.78, 5) is 0. The minimum absolute atomic E-state index is 0.641. The lowest BCUT2D eigenvalue weighted by Gasteiger charge is -2.15. The van der Waals surface area contributed by atoms with Crippen LogP contribution >= 0.6 is 0 Å². The molecule has 0 radical (unpaired) electrons. The number of ether oxygens (including phenoxy) is 2. The third-order valence-corrected chi connectivity index (χ3v) is 8.74. The molecule has 0 bridgehead atoms. The van der Waals surface area contributed by atoms with Gasteiger partial charge in [-0.05, 0) is 106 Å². The summed E-state index contributed by atoms with van der Waals surface area (Å²) in [5.74, 6) is 16.0. The second kappa shape index (κ2) is 16.2. The van der Waals surface area contributed by atoms with Crippen LogP contribution in [0.25, 0.3) is 33.4 Å². The molecule has 0 heterocycles. The first-order valence-corrected chi connectivity index (χ1v) is 17.8. The molecule has 0 unspecified atom stereocenters. The zero-order chi connectivity index (χ0) is 36.4. The van der Waals surface area contributed by atoms with Crippen molar-refractivity contribution in [2.75, 3.05) is 0 Å². The van der Waals surface area contributed by atoms with E-state index in [0.29, 0.717) is 23.0 Å². The fourth-order valence-electron chi connectivity index (χ4n) is 6.15. The van der Waals surface area contributed by atoms with Gasteiger partial charge in [0.1, 0.15) is 23.0 Å². The van der Waals surface area contributed by atoms with Crippen molar-refractivity contribution in [3.05, 3.63) is 229 Å². The van der Waals surface area contributed by atoms with Crippen molar-refractivity contribution >= 4 is 0 Å². The first-order valence-electron chi connectivity index (χ1n) is 17.8. The predicted molar refractivity (Wildman–Crippen MR) is 221 cm³/mol. The highest BCUT2D eigenvalue weighted by Crippen LogP contribution is 2.37. The molecule has 254 valence electrons. The van der Waals surface area contributed by atoms with Crippen LogP contribution in [0.3, 0.4) is 0 Å². The molecule has 0 aromatic heterocycles. The van der Waals surface area contributed by atoms with Gasteiger partial charge in [0.15, 0.2) is 0 Å². The molecule has 0 N–H and O–H groups in total. The average molecular weight is 691 g/mol. The van der Waals surface area contributed by atoms with Gasteiger partial charge in [-0.25, -0.2) is 0 Å². The van der Waals surface area contributed by atoms with Crippen molar-refractivity contribution in [2.45, 2.75) is 0 Å². The second-order valence-electron chi connectivity index (χ2n) is 12.7. The molecule has 0 saturated carbocycles. The smallest absolute Gasteiger partial charge is 0.131 e. The van der Waals surface area contributed by atoms with E-state index in [4.69, 9.17) is 9.47 Å². The Morgan fingerprint density at radius 1 is 0.222 bits per heavy atom. The van der Waals surface area contributed by atoms with Gasteiger partial charge < -0.3 is 9.47 Å². The monoisotopic (exact) mass is 690 g/mol. The SMILES string of the molecule is C(#Cc1cc(Oc2cc(Oc3cc(C#Cc4ccccc4)cc(-c4ccccc4)c3)cc(-c3ccccc3)c2)cc(-c2ccccc2)c1)c1ccccc1. The van der Waals surface area contributed by atoms with Crippen LogP contribution in [0, 0.1) is 23.7 Å². The van der Waals surface area contributed by atoms with E-state index in [0.717, 1.165) is 55.6 Å². The summed E-state index contributed by atoms with van der Waals surface area (Å²) < 4.78 is 13.4. The van der Waals surface area contributed by atoms with E-state index in [2.05, 4.69) is 84.3 Å². The molecule has 0 saturated heterocycles. The fourth-order valence-corrected chi connectivity index (χ4v) is 6.15. The van der Waals surface area contributed by atoms with Crippen LogP contribution in [0.2, 0.25) is 0 Å². The molecule has 0 atom stereocenters. The Hall–Kier alpha value is -7.52. The lowest BCUT2D eigenvalue weighted by atomic mass is 10.0. The molecule has 0 aliphatic rings. The van der Waals surface area contributed by atoms with Gasteiger partial charge >= 0.3 is 0 Å². The summed E-state index contributed by atoms with van der Waals surface area (Å²) in [6, 6.07) is 69.1. The molecule has 0 aliphatic heterocycles. The van der Waals surface area contributed by atoms with Crippen molar-refractivity contribution in [2.24, 2.45) is 0 Å². The average Bonchev–Trinajstić information content (AvgIpc) is 3.24. The topological polar surface area (TPSA) is 18.5 Å². The molecule has 2 nitrogen and oxygen atoms in total. The molecule has 0 fully saturated rings. The van der Waals surface area contributed by atoms with Crippen molar-refractivity contribution in [3.8, 4) is 80.1 Å².